The van der Waals surface area contributed by atoms with Crippen LogP contribution >= 0.6 is 0 Å². The molecule has 1 radical (unpaired) electrons. The predicted octanol–water partition coefficient (Wildman–Crippen LogP) is 6.83. The topological polar surface area (TPSA) is 65.8 Å². The summed E-state index contributed by atoms with van der Waals surface area (Å²) in [6.07, 6.45) is -1.64. The summed E-state index contributed by atoms with van der Waals surface area (Å²) in [7, 11) is 0. The molecule has 2 heterocycles. The number of aliphatic hydroxyl groups excluding tert-OH is 1. The number of alkyl halides is 3. The Kier molecular flexibility index (Phi) is 9.73. The summed E-state index contributed by atoms with van der Waals surface area (Å²) in [5, 5.41) is 15.4. The van der Waals surface area contributed by atoms with Gasteiger partial charge in [0.15, 0.2) is 0 Å². The van der Waals surface area contributed by atoms with Gasteiger partial charge in [-0.15, -0.1) is 35.9 Å². The van der Waals surface area contributed by atoms with Gasteiger partial charge in [0, 0.05) is 32.7 Å². The summed E-state index contributed by atoms with van der Waals surface area (Å²) in [6.45, 7) is 6.03. The molecule has 1 amide bonds. The molecule has 0 atom stereocenters. The molecule has 191 valence electrons. The van der Waals surface area contributed by atoms with E-state index in [0.29, 0.717) is 23.4 Å². The number of hydrogen-bond donors (Lipinski definition) is 1. The average molecular weight is 673 g/mol. The second-order valence-corrected chi connectivity index (χ2v) is 9.00. The van der Waals surface area contributed by atoms with Crippen molar-refractivity contribution in [1.29, 1.82) is 0 Å². The Morgan fingerprint density at radius 1 is 1.00 bits per heavy atom. The number of aromatic nitrogens is 1. The fourth-order valence-electron chi connectivity index (χ4n) is 3.16. The zero-order valence-corrected chi connectivity index (χ0v) is 22.3. The maximum Gasteiger partial charge on any atom is 0.417 e. The number of carbonyl (C=O) groups is 1. The van der Waals surface area contributed by atoms with Crippen molar-refractivity contribution in [2.24, 2.45) is 10.5 Å². The second kappa shape index (κ2) is 12.1. The molecule has 36 heavy (non-hydrogen) atoms. The predicted molar refractivity (Wildman–Crippen MR) is 130 cm³/mol. The Hall–Kier alpha value is -3.29. The molecule has 9 heteroatoms. The van der Waals surface area contributed by atoms with Crippen molar-refractivity contribution in [1.82, 2.24) is 4.98 Å². The standard InChI is InChI=1S/C15H18N2O2.C12H7F3N.Ir/c1-15(2,3)9-13(18)12-10-16-17(14(12)19)11-7-5-4-6-8-11;13-12(14,15)10-6-7-11(16-8-10)9-4-2-1-3-5-9;/h4-8,10,18H,9H2,1-3H3;1-4,6-8H;/q;-1;/b13-12-;;. The van der Waals surface area contributed by atoms with Gasteiger partial charge >= 0.3 is 6.18 Å². The second-order valence-electron chi connectivity index (χ2n) is 9.00. The summed E-state index contributed by atoms with van der Waals surface area (Å²) in [5.74, 6) is -0.187. The van der Waals surface area contributed by atoms with E-state index in [0.717, 1.165) is 12.3 Å². The minimum absolute atomic E-state index is 0. The maximum atomic E-state index is 12.3. The molecular formula is C27H25F3IrN3O2-. The van der Waals surface area contributed by atoms with Crippen LogP contribution in [0.25, 0.3) is 11.3 Å². The molecule has 1 aliphatic heterocycles. The van der Waals surface area contributed by atoms with Gasteiger partial charge in [0.25, 0.3) is 5.91 Å². The smallest absolute Gasteiger partial charge is 0.417 e. The molecule has 0 fully saturated rings. The van der Waals surface area contributed by atoms with E-state index in [1.807, 2.05) is 39.0 Å². The Labute approximate surface area is 221 Å². The van der Waals surface area contributed by atoms with E-state index in [9.17, 15) is 23.1 Å². The van der Waals surface area contributed by atoms with Gasteiger partial charge in [0.2, 0.25) is 0 Å². The van der Waals surface area contributed by atoms with Crippen LogP contribution in [0.1, 0.15) is 32.8 Å². The largest absolute Gasteiger partial charge is 0.511 e. The summed E-state index contributed by atoms with van der Waals surface area (Å²) < 4.78 is 36.8. The number of carbonyl (C=O) groups excluding carboxylic acids is 1. The molecule has 0 bridgehead atoms. The number of allylic oxidation sites excluding steroid dienone is 1. The van der Waals surface area contributed by atoms with E-state index in [1.54, 1.807) is 36.4 Å². The molecule has 0 spiro atoms. The van der Waals surface area contributed by atoms with Gasteiger partial charge in [-0.2, -0.15) is 23.3 Å². The molecule has 1 aromatic heterocycles. The molecule has 0 saturated carbocycles. The van der Waals surface area contributed by atoms with Gasteiger partial charge in [0.05, 0.1) is 23.0 Å². The van der Waals surface area contributed by atoms with Crippen molar-refractivity contribution >= 4 is 17.8 Å². The number of halogens is 3. The van der Waals surface area contributed by atoms with Gasteiger partial charge in [-0.05, 0) is 23.2 Å². The quantitative estimate of drug-likeness (QED) is 0.189. The Balaban J connectivity index is 0.000000250. The molecule has 0 unspecified atom stereocenters. The van der Waals surface area contributed by atoms with Gasteiger partial charge < -0.3 is 10.1 Å². The first kappa shape index (κ1) is 28.9. The summed E-state index contributed by atoms with van der Waals surface area (Å²) >= 11 is 0. The van der Waals surface area contributed by atoms with Crippen LogP contribution in [-0.2, 0) is 31.1 Å². The monoisotopic (exact) mass is 673 g/mol. The SMILES string of the molecule is CC(C)(C)C/C(O)=C1\C=NN(c2ccccc2)C1=O.FC(F)(F)c1ccc(-c2[c-]cccc2)nc1.[Ir]. The zero-order chi connectivity index (χ0) is 25.6. The maximum absolute atomic E-state index is 12.3. The van der Waals surface area contributed by atoms with E-state index >= 15 is 0 Å². The van der Waals surface area contributed by atoms with Crippen LogP contribution in [0.5, 0.6) is 0 Å². The molecule has 2 aromatic carbocycles. The van der Waals surface area contributed by atoms with E-state index in [4.69, 9.17) is 0 Å². The van der Waals surface area contributed by atoms with Crippen LogP contribution in [-0.4, -0.2) is 22.2 Å². The van der Waals surface area contributed by atoms with E-state index in [1.165, 1.54) is 17.3 Å². The number of pyridine rings is 1. The number of nitrogens with zero attached hydrogens (tertiary/aromatic N) is 3. The third-order valence-electron chi connectivity index (χ3n) is 4.81. The number of benzene rings is 2. The third-order valence-corrected chi connectivity index (χ3v) is 4.81. The molecule has 5 nitrogen and oxygen atoms in total. The van der Waals surface area contributed by atoms with Crippen LogP contribution < -0.4 is 5.01 Å². The summed E-state index contributed by atoms with van der Waals surface area (Å²) in [6, 6.07) is 21.4. The van der Waals surface area contributed by atoms with Crippen LogP contribution in [0, 0.1) is 11.5 Å². The van der Waals surface area contributed by atoms with Gasteiger partial charge in [0.1, 0.15) is 5.76 Å². The number of rotatable bonds is 3. The normalized spacial score (nSPS) is 14.6. The first-order chi connectivity index (χ1) is 16.5. The first-order valence-corrected chi connectivity index (χ1v) is 10.8. The van der Waals surface area contributed by atoms with Gasteiger partial charge in [-0.25, -0.2) is 0 Å². The molecule has 1 N–H and O–H groups in total. The van der Waals surface area contributed by atoms with Gasteiger partial charge in [-0.3, -0.25) is 4.79 Å². The molecule has 1 aliphatic rings. The number of aliphatic hydroxyl groups is 1. The van der Waals surface area contributed by atoms with Crippen LogP contribution in [0.4, 0.5) is 18.9 Å². The number of hydrogen-bond acceptors (Lipinski definition) is 4. The summed E-state index contributed by atoms with van der Waals surface area (Å²) in [4.78, 5) is 16.0. The Morgan fingerprint density at radius 2 is 1.67 bits per heavy atom. The van der Waals surface area contributed by atoms with Crippen LogP contribution in [0.2, 0.25) is 0 Å². The number of amides is 1. The molecule has 3 aromatic rings. The third kappa shape index (κ3) is 7.86. The first-order valence-electron chi connectivity index (χ1n) is 10.8. The van der Waals surface area contributed by atoms with Crippen molar-refractivity contribution in [2.45, 2.75) is 33.4 Å². The number of hydrazone groups is 1. The fourth-order valence-corrected chi connectivity index (χ4v) is 3.16. The van der Waals surface area contributed by atoms with Crippen molar-refractivity contribution in [3.05, 3.63) is 95.9 Å². The average Bonchev–Trinajstić information content (AvgIpc) is 3.20. The fraction of sp³-hybridized carbons (Fsp3) is 0.222. The molecule has 0 saturated heterocycles. The van der Waals surface area contributed by atoms with E-state index < -0.39 is 11.7 Å². The van der Waals surface area contributed by atoms with Gasteiger partial charge in [-0.1, -0.05) is 51.1 Å². The van der Waals surface area contributed by atoms with Crippen molar-refractivity contribution in [3.63, 3.8) is 0 Å². The van der Waals surface area contributed by atoms with Crippen LogP contribution in [0.3, 0.4) is 0 Å². The molecule has 4 rings (SSSR count). The minimum Gasteiger partial charge on any atom is -0.511 e. The molecule has 0 aliphatic carbocycles. The van der Waals surface area contributed by atoms with E-state index in [2.05, 4.69) is 16.2 Å². The number of para-hydroxylation sites is 1. The van der Waals surface area contributed by atoms with Crippen LogP contribution in [0.15, 0.2) is 89.4 Å². The summed E-state index contributed by atoms with van der Waals surface area (Å²) in [5.41, 5.74) is 1.31. The van der Waals surface area contributed by atoms with Crippen molar-refractivity contribution in [2.75, 3.05) is 5.01 Å². The van der Waals surface area contributed by atoms with Crippen molar-refractivity contribution in [3.8, 4) is 11.3 Å². The van der Waals surface area contributed by atoms with Crippen molar-refractivity contribution < 1.29 is 43.2 Å². The van der Waals surface area contributed by atoms with E-state index in [-0.39, 0.29) is 42.8 Å². The minimum atomic E-state index is -4.34. The Bertz CT molecular complexity index is 1210. The Morgan fingerprint density at radius 3 is 2.19 bits per heavy atom. The zero-order valence-electron chi connectivity index (χ0n) is 19.9. The molecular weight excluding hydrogens is 648 g/mol. The number of anilines is 1.